The molecule has 2 amide bonds. The second-order valence-electron chi connectivity index (χ2n) is 6.40. The number of rotatable bonds is 3. The number of piperazine rings is 1. The fraction of sp³-hybridized carbons (Fsp3) is 0.389. The number of carbonyl (C=O) groups is 2. The molecule has 2 N–H and O–H groups in total. The van der Waals surface area contributed by atoms with Crippen LogP contribution in [0.25, 0.3) is 10.8 Å². The molecule has 2 aromatic rings. The van der Waals surface area contributed by atoms with Gasteiger partial charge in [-0.15, -0.1) is 0 Å². The molecule has 4 rings (SSSR count). The molecule has 0 spiro atoms. The number of carbonyl (C=O) groups excluding carboxylic acids is 2. The Labute approximate surface area is 140 Å². The van der Waals surface area contributed by atoms with Crippen LogP contribution in [0.4, 0.5) is 0 Å². The van der Waals surface area contributed by atoms with Crippen LogP contribution in [0.1, 0.15) is 23.2 Å². The van der Waals surface area contributed by atoms with Gasteiger partial charge in [0.05, 0.1) is 0 Å². The Morgan fingerprint density at radius 1 is 1.25 bits per heavy atom. The highest BCUT2D eigenvalue weighted by atomic mass is 16.2. The minimum absolute atomic E-state index is 0.0556. The van der Waals surface area contributed by atoms with Crippen molar-refractivity contribution in [3.05, 3.63) is 42.2 Å². The highest BCUT2D eigenvalue weighted by molar-refractivity contribution is 6.08. The monoisotopic (exact) mass is 324 g/mol. The Kier molecular flexibility index (Phi) is 3.90. The molecule has 2 fully saturated rings. The van der Waals surface area contributed by atoms with Crippen LogP contribution < -0.4 is 10.6 Å². The molecule has 1 aliphatic carbocycles. The Bertz CT molecular complexity index is 782. The van der Waals surface area contributed by atoms with E-state index in [2.05, 4.69) is 15.6 Å². The lowest BCUT2D eigenvalue weighted by molar-refractivity contribution is -0.126. The van der Waals surface area contributed by atoms with Crippen molar-refractivity contribution in [3.63, 3.8) is 0 Å². The standard InChI is InChI=1S/C18H20N4O2/c23-17(21-13-4-5-13)16-11-20-8-9-22(16)18(24)15-3-1-2-12-10-19-7-6-14(12)15/h1-3,6-7,10,13,16,20H,4-5,8-9,11H2,(H,21,23)/t16-/m1/s1. The summed E-state index contributed by atoms with van der Waals surface area (Å²) in [6.07, 6.45) is 5.52. The third-order valence-electron chi connectivity index (χ3n) is 4.64. The summed E-state index contributed by atoms with van der Waals surface area (Å²) in [6, 6.07) is 7.31. The number of aromatic nitrogens is 1. The van der Waals surface area contributed by atoms with Crippen LogP contribution >= 0.6 is 0 Å². The molecule has 1 saturated carbocycles. The van der Waals surface area contributed by atoms with Crippen LogP contribution in [0.3, 0.4) is 0 Å². The van der Waals surface area contributed by atoms with Crippen LogP contribution in [0, 0.1) is 0 Å². The minimum Gasteiger partial charge on any atom is -0.352 e. The van der Waals surface area contributed by atoms with Gasteiger partial charge >= 0.3 is 0 Å². The molecule has 124 valence electrons. The highest BCUT2D eigenvalue weighted by Crippen LogP contribution is 2.22. The van der Waals surface area contributed by atoms with E-state index in [1.165, 1.54) is 0 Å². The molecule has 0 unspecified atom stereocenters. The molecule has 2 aliphatic rings. The number of nitrogens with one attached hydrogen (secondary N) is 2. The zero-order valence-electron chi connectivity index (χ0n) is 13.4. The van der Waals surface area contributed by atoms with Crippen LogP contribution in [0.2, 0.25) is 0 Å². The summed E-state index contributed by atoms with van der Waals surface area (Å²) in [6.45, 7) is 1.73. The van der Waals surface area contributed by atoms with E-state index in [0.29, 0.717) is 31.2 Å². The van der Waals surface area contributed by atoms with Crippen molar-refractivity contribution in [2.45, 2.75) is 24.9 Å². The molecule has 0 radical (unpaired) electrons. The van der Waals surface area contributed by atoms with Crippen LogP contribution in [-0.2, 0) is 4.79 Å². The molecule has 1 aliphatic heterocycles. The molecule has 1 aromatic carbocycles. The maximum absolute atomic E-state index is 13.1. The van der Waals surface area contributed by atoms with E-state index in [-0.39, 0.29) is 11.8 Å². The van der Waals surface area contributed by atoms with Gasteiger partial charge in [-0.1, -0.05) is 12.1 Å². The number of nitrogens with zero attached hydrogens (tertiary/aromatic N) is 2. The summed E-state index contributed by atoms with van der Waals surface area (Å²) in [5.74, 6) is -0.149. The zero-order chi connectivity index (χ0) is 16.5. The normalized spacial score (nSPS) is 20.8. The predicted octanol–water partition coefficient (Wildman–Crippen LogP) is 0.927. The van der Waals surface area contributed by atoms with Crippen molar-refractivity contribution in [2.75, 3.05) is 19.6 Å². The lowest BCUT2D eigenvalue weighted by atomic mass is 10.0. The summed E-state index contributed by atoms with van der Waals surface area (Å²) < 4.78 is 0. The van der Waals surface area contributed by atoms with Crippen molar-refractivity contribution in [1.29, 1.82) is 0 Å². The largest absolute Gasteiger partial charge is 0.352 e. The Hall–Kier alpha value is -2.47. The minimum atomic E-state index is -0.455. The second-order valence-corrected chi connectivity index (χ2v) is 6.40. The fourth-order valence-corrected chi connectivity index (χ4v) is 3.17. The van der Waals surface area contributed by atoms with E-state index in [9.17, 15) is 9.59 Å². The lowest BCUT2D eigenvalue weighted by Gasteiger charge is -2.35. The first-order valence-electron chi connectivity index (χ1n) is 8.39. The summed E-state index contributed by atoms with van der Waals surface area (Å²) in [5.41, 5.74) is 0.626. The fourth-order valence-electron chi connectivity index (χ4n) is 3.17. The highest BCUT2D eigenvalue weighted by Gasteiger charge is 2.35. The summed E-state index contributed by atoms with van der Waals surface area (Å²) >= 11 is 0. The van der Waals surface area contributed by atoms with Crippen molar-refractivity contribution in [2.24, 2.45) is 0 Å². The molecule has 6 nitrogen and oxygen atoms in total. The number of benzene rings is 1. The molecular weight excluding hydrogens is 304 g/mol. The Balaban J connectivity index is 1.64. The molecular formula is C18H20N4O2. The quantitative estimate of drug-likeness (QED) is 0.881. The first-order chi connectivity index (χ1) is 11.7. The van der Waals surface area contributed by atoms with Gasteiger partial charge in [0.2, 0.25) is 5.91 Å². The van der Waals surface area contributed by atoms with E-state index < -0.39 is 6.04 Å². The van der Waals surface area contributed by atoms with Crippen molar-refractivity contribution in [1.82, 2.24) is 20.5 Å². The van der Waals surface area contributed by atoms with Crippen LogP contribution in [-0.4, -0.2) is 53.4 Å². The van der Waals surface area contributed by atoms with E-state index in [0.717, 1.165) is 23.6 Å². The first-order valence-corrected chi connectivity index (χ1v) is 8.39. The average molecular weight is 324 g/mol. The maximum Gasteiger partial charge on any atom is 0.255 e. The maximum atomic E-state index is 13.1. The van der Waals surface area contributed by atoms with E-state index in [4.69, 9.17) is 0 Å². The van der Waals surface area contributed by atoms with Gasteiger partial charge in [-0.05, 0) is 30.4 Å². The van der Waals surface area contributed by atoms with E-state index >= 15 is 0 Å². The molecule has 24 heavy (non-hydrogen) atoms. The molecule has 2 heterocycles. The van der Waals surface area contributed by atoms with Crippen LogP contribution in [0.5, 0.6) is 0 Å². The topological polar surface area (TPSA) is 74.3 Å². The third kappa shape index (κ3) is 2.85. The second kappa shape index (κ2) is 6.20. The third-order valence-corrected chi connectivity index (χ3v) is 4.64. The number of hydrogen-bond donors (Lipinski definition) is 2. The van der Waals surface area contributed by atoms with Crippen molar-refractivity contribution >= 4 is 22.6 Å². The van der Waals surface area contributed by atoms with Gasteiger partial charge in [0, 0.05) is 49.0 Å². The van der Waals surface area contributed by atoms with Gasteiger partial charge in [-0.25, -0.2) is 0 Å². The SMILES string of the molecule is O=C(NC1CC1)[C@H]1CNCCN1C(=O)c1cccc2cnccc12. The van der Waals surface area contributed by atoms with Gasteiger partial charge in [-0.3, -0.25) is 14.6 Å². The summed E-state index contributed by atoms with van der Waals surface area (Å²) in [4.78, 5) is 31.4. The van der Waals surface area contributed by atoms with Gasteiger partial charge in [0.1, 0.15) is 6.04 Å². The average Bonchev–Trinajstić information content (AvgIpc) is 3.44. The predicted molar refractivity (Wildman–Crippen MR) is 90.6 cm³/mol. The first kappa shape index (κ1) is 15.1. The smallest absolute Gasteiger partial charge is 0.255 e. The molecule has 6 heteroatoms. The van der Waals surface area contributed by atoms with Crippen molar-refractivity contribution < 1.29 is 9.59 Å². The van der Waals surface area contributed by atoms with Crippen molar-refractivity contribution in [3.8, 4) is 0 Å². The van der Waals surface area contributed by atoms with Gasteiger partial charge in [0.15, 0.2) is 0 Å². The Morgan fingerprint density at radius 3 is 2.96 bits per heavy atom. The molecule has 1 saturated heterocycles. The van der Waals surface area contributed by atoms with Gasteiger partial charge in [0.25, 0.3) is 5.91 Å². The lowest BCUT2D eigenvalue weighted by Crippen LogP contribution is -2.59. The number of fused-ring (bicyclic) bond motifs is 1. The zero-order valence-corrected chi connectivity index (χ0v) is 13.4. The number of pyridine rings is 1. The molecule has 1 aromatic heterocycles. The van der Waals surface area contributed by atoms with E-state index in [1.807, 2.05) is 24.3 Å². The van der Waals surface area contributed by atoms with Gasteiger partial charge < -0.3 is 15.5 Å². The number of hydrogen-bond acceptors (Lipinski definition) is 4. The summed E-state index contributed by atoms with van der Waals surface area (Å²) in [7, 11) is 0. The Morgan fingerprint density at radius 2 is 2.12 bits per heavy atom. The van der Waals surface area contributed by atoms with E-state index in [1.54, 1.807) is 17.3 Å². The molecule has 1 atom stereocenters. The molecule has 0 bridgehead atoms. The number of amides is 2. The van der Waals surface area contributed by atoms with Gasteiger partial charge in [-0.2, -0.15) is 0 Å². The summed E-state index contributed by atoms with van der Waals surface area (Å²) in [5, 5.41) is 8.03. The van der Waals surface area contributed by atoms with Crippen LogP contribution in [0.15, 0.2) is 36.7 Å².